The second-order valence-electron chi connectivity index (χ2n) is 4.97. The van der Waals surface area contributed by atoms with Gasteiger partial charge in [-0.25, -0.2) is 0 Å². The molecular formula is C14H30N2O2. The van der Waals surface area contributed by atoms with Crippen LogP contribution in [-0.4, -0.2) is 57.6 Å². The Kier molecular flexibility index (Phi) is 8.59. The van der Waals surface area contributed by atoms with Gasteiger partial charge >= 0.3 is 0 Å². The third-order valence-corrected chi connectivity index (χ3v) is 3.59. The average molecular weight is 258 g/mol. The van der Waals surface area contributed by atoms with Gasteiger partial charge in [0.2, 0.25) is 0 Å². The zero-order valence-corrected chi connectivity index (χ0v) is 12.3. The second kappa shape index (κ2) is 9.73. The van der Waals surface area contributed by atoms with E-state index in [0.717, 1.165) is 38.6 Å². The Balaban J connectivity index is 2.15. The van der Waals surface area contributed by atoms with E-state index in [-0.39, 0.29) is 6.29 Å². The summed E-state index contributed by atoms with van der Waals surface area (Å²) in [5, 5.41) is 3.28. The lowest BCUT2D eigenvalue weighted by Crippen LogP contribution is -2.38. The maximum absolute atomic E-state index is 5.57. The number of hydrogen-bond acceptors (Lipinski definition) is 4. The number of hydrogen-bond donors (Lipinski definition) is 1. The van der Waals surface area contributed by atoms with Crippen molar-refractivity contribution in [2.75, 3.05) is 46.4 Å². The lowest BCUT2D eigenvalue weighted by Gasteiger charge is -2.32. The SMILES string of the molecule is CCOC(CCN1CCC(CNC)CC1)OCC. The molecule has 1 aliphatic rings. The highest BCUT2D eigenvalue weighted by atomic mass is 16.7. The largest absolute Gasteiger partial charge is 0.353 e. The number of piperidine rings is 1. The normalized spacial score (nSPS) is 18.7. The third-order valence-electron chi connectivity index (χ3n) is 3.59. The van der Waals surface area contributed by atoms with Crippen molar-refractivity contribution in [2.45, 2.75) is 39.4 Å². The number of ether oxygens (including phenoxy) is 2. The van der Waals surface area contributed by atoms with Crippen LogP contribution in [0.4, 0.5) is 0 Å². The van der Waals surface area contributed by atoms with Crippen molar-refractivity contribution >= 4 is 0 Å². The molecule has 108 valence electrons. The van der Waals surface area contributed by atoms with Gasteiger partial charge in [-0.05, 0) is 59.3 Å². The van der Waals surface area contributed by atoms with Gasteiger partial charge in [-0.2, -0.15) is 0 Å². The smallest absolute Gasteiger partial charge is 0.158 e. The minimum atomic E-state index is -0.0185. The van der Waals surface area contributed by atoms with Crippen LogP contribution in [0.3, 0.4) is 0 Å². The summed E-state index contributed by atoms with van der Waals surface area (Å²) in [6.07, 6.45) is 3.59. The third kappa shape index (κ3) is 6.14. The van der Waals surface area contributed by atoms with E-state index in [4.69, 9.17) is 9.47 Å². The van der Waals surface area contributed by atoms with E-state index >= 15 is 0 Å². The van der Waals surface area contributed by atoms with Crippen LogP contribution in [0.15, 0.2) is 0 Å². The zero-order chi connectivity index (χ0) is 13.2. The summed E-state index contributed by atoms with van der Waals surface area (Å²) in [6, 6.07) is 0. The highest BCUT2D eigenvalue weighted by Gasteiger charge is 2.19. The van der Waals surface area contributed by atoms with Crippen molar-refractivity contribution in [1.29, 1.82) is 0 Å². The van der Waals surface area contributed by atoms with Crippen LogP contribution < -0.4 is 5.32 Å². The van der Waals surface area contributed by atoms with Crippen molar-refractivity contribution in [2.24, 2.45) is 5.92 Å². The molecular weight excluding hydrogens is 228 g/mol. The summed E-state index contributed by atoms with van der Waals surface area (Å²) in [5.41, 5.74) is 0. The van der Waals surface area contributed by atoms with Crippen molar-refractivity contribution in [3.63, 3.8) is 0 Å². The number of nitrogens with zero attached hydrogens (tertiary/aromatic N) is 1. The van der Waals surface area contributed by atoms with E-state index in [2.05, 4.69) is 10.2 Å². The fourth-order valence-corrected chi connectivity index (χ4v) is 2.58. The molecule has 18 heavy (non-hydrogen) atoms. The van der Waals surface area contributed by atoms with Gasteiger partial charge in [-0.15, -0.1) is 0 Å². The van der Waals surface area contributed by atoms with Crippen LogP contribution in [0, 0.1) is 5.92 Å². The van der Waals surface area contributed by atoms with E-state index < -0.39 is 0 Å². The fraction of sp³-hybridized carbons (Fsp3) is 1.00. The van der Waals surface area contributed by atoms with Crippen molar-refractivity contribution in [3.05, 3.63) is 0 Å². The van der Waals surface area contributed by atoms with Gasteiger partial charge in [-0.3, -0.25) is 0 Å². The van der Waals surface area contributed by atoms with Gasteiger partial charge in [0.05, 0.1) is 0 Å². The molecule has 4 nitrogen and oxygen atoms in total. The van der Waals surface area contributed by atoms with Gasteiger partial charge in [0.1, 0.15) is 0 Å². The Morgan fingerprint density at radius 3 is 2.28 bits per heavy atom. The molecule has 1 rings (SSSR count). The summed E-state index contributed by atoms with van der Waals surface area (Å²) in [5.74, 6) is 0.862. The molecule has 4 heteroatoms. The molecule has 0 bridgehead atoms. The minimum Gasteiger partial charge on any atom is -0.353 e. The lowest BCUT2D eigenvalue weighted by molar-refractivity contribution is -0.142. The Morgan fingerprint density at radius 2 is 1.78 bits per heavy atom. The number of likely N-dealkylation sites (tertiary alicyclic amines) is 1. The molecule has 0 spiro atoms. The molecule has 0 saturated carbocycles. The minimum absolute atomic E-state index is 0.0185. The first-order valence-corrected chi connectivity index (χ1v) is 7.40. The van der Waals surface area contributed by atoms with Gasteiger partial charge in [0.15, 0.2) is 6.29 Å². The molecule has 0 aromatic carbocycles. The van der Waals surface area contributed by atoms with Gasteiger partial charge < -0.3 is 19.7 Å². The van der Waals surface area contributed by atoms with Crippen LogP contribution in [0.25, 0.3) is 0 Å². The van der Waals surface area contributed by atoms with E-state index in [9.17, 15) is 0 Å². The summed E-state index contributed by atoms with van der Waals surface area (Å²) < 4.78 is 11.1. The maximum Gasteiger partial charge on any atom is 0.158 e. The summed E-state index contributed by atoms with van der Waals surface area (Å²) >= 11 is 0. The molecule has 1 heterocycles. The van der Waals surface area contributed by atoms with Crippen LogP contribution in [0.2, 0.25) is 0 Å². The molecule has 1 N–H and O–H groups in total. The summed E-state index contributed by atoms with van der Waals surface area (Å²) in [7, 11) is 2.04. The van der Waals surface area contributed by atoms with E-state index in [1.54, 1.807) is 0 Å². The molecule has 1 fully saturated rings. The van der Waals surface area contributed by atoms with Crippen LogP contribution in [-0.2, 0) is 9.47 Å². The highest BCUT2D eigenvalue weighted by molar-refractivity contribution is 4.73. The quantitative estimate of drug-likeness (QED) is 0.638. The van der Waals surface area contributed by atoms with Gasteiger partial charge in [-0.1, -0.05) is 0 Å². The highest BCUT2D eigenvalue weighted by Crippen LogP contribution is 2.17. The Bertz CT molecular complexity index is 188. The Hall–Kier alpha value is -0.160. The molecule has 0 aromatic rings. The Morgan fingerprint density at radius 1 is 1.17 bits per heavy atom. The molecule has 0 atom stereocenters. The molecule has 0 unspecified atom stereocenters. The average Bonchev–Trinajstić information content (AvgIpc) is 2.38. The first kappa shape index (κ1) is 15.9. The second-order valence-corrected chi connectivity index (χ2v) is 4.97. The summed E-state index contributed by atoms with van der Waals surface area (Å²) in [6.45, 7) is 10.2. The molecule has 1 saturated heterocycles. The topological polar surface area (TPSA) is 33.7 Å². The maximum atomic E-state index is 5.57. The number of nitrogens with one attached hydrogen (secondary N) is 1. The van der Waals surface area contributed by atoms with Crippen LogP contribution in [0.1, 0.15) is 33.1 Å². The predicted octanol–water partition coefficient (Wildman–Crippen LogP) is 1.71. The fourth-order valence-electron chi connectivity index (χ4n) is 2.58. The Labute approximate surface area is 112 Å². The van der Waals surface area contributed by atoms with Crippen LogP contribution >= 0.6 is 0 Å². The lowest BCUT2D eigenvalue weighted by atomic mass is 9.97. The molecule has 0 amide bonds. The molecule has 0 aromatic heterocycles. The van der Waals surface area contributed by atoms with Crippen molar-refractivity contribution < 1.29 is 9.47 Å². The van der Waals surface area contributed by atoms with Crippen LogP contribution in [0.5, 0.6) is 0 Å². The van der Waals surface area contributed by atoms with Crippen molar-refractivity contribution in [1.82, 2.24) is 10.2 Å². The first-order chi connectivity index (χ1) is 8.80. The molecule has 0 radical (unpaired) electrons. The summed E-state index contributed by atoms with van der Waals surface area (Å²) in [4.78, 5) is 2.54. The van der Waals surface area contributed by atoms with E-state index in [1.165, 1.54) is 25.9 Å². The standard InChI is InChI=1S/C14H30N2O2/c1-4-17-14(18-5-2)8-11-16-9-6-13(7-10-16)12-15-3/h13-15H,4-12H2,1-3H3. The predicted molar refractivity (Wildman–Crippen MR) is 74.7 cm³/mol. The van der Waals surface area contributed by atoms with E-state index in [1.807, 2.05) is 20.9 Å². The first-order valence-electron chi connectivity index (χ1n) is 7.40. The van der Waals surface area contributed by atoms with Crippen molar-refractivity contribution in [3.8, 4) is 0 Å². The monoisotopic (exact) mass is 258 g/mol. The van der Waals surface area contributed by atoms with Gasteiger partial charge in [0.25, 0.3) is 0 Å². The number of rotatable bonds is 9. The molecule has 0 aliphatic carbocycles. The van der Waals surface area contributed by atoms with E-state index in [0.29, 0.717) is 0 Å². The zero-order valence-electron chi connectivity index (χ0n) is 12.3. The molecule has 1 aliphatic heterocycles. The van der Waals surface area contributed by atoms with Gasteiger partial charge in [0, 0.05) is 26.2 Å².